The highest BCUT2D eigenvalue weighted by atomic mass is 35.5. The number of nitrogens with one attached hydrogen (secondary N) is 2. The zero-order chi connectivity index (χ0) is 12.3. The molecular weight excluding hydrogens is 238 g/mol. The second-order valence-electron chi connectivity index (χ2n) is 4.51. The van der Waals surface area contributed by atoms with Crippen LogP contribution in [0.1, 0.15) is 29.8 Å². The van der Waals surface area contributed by atoms with Crippen LogP contribution in [0.5, 0.6) is 0 Å². The molecule has 1 unspecified atom stereocenters. The minimum Gasteiger partial charge on any atom is -0.348 e. The maximum atomic E-state index is 12.0. The molecule has 0 spiro atoms. The van der Waals surface area contributed by atoms with Gasteiger partial charge in [-0.1, -0.05) is 11.6 Å². The Morgan fingerprint density at radius 1 is 1.53 bits per heavy atom. The van der Waals surface area contributed by atoms with E-state index in [1.54, 1.807) is 16.8 Å². The Kier molecular flexibility index (Phi) is 4.07. The first kappa shape index (κ1) is 12.5. The molecule has 1 fully saturated rings. The summed E-state index contributed by atoms with van der Waals surface area (Å²) in [6, 6.07) is 1.97. The molecule has 94 valence electrons. The van der Waals surface area contributed by atoms with Crippen LogP contribution >= 0.6 is 11.6 Å². The van der Waals surface area contributed by atoms with Crippen molar-refractivity contribution in [1.29, 1.82) is 0 Å². The zero-order valence-corrected chi connectivity index (χ0v) is 10.8. The van der Waals surface area contributed by atoms with Gasteiger partial charge < -0.3 is 15.2 Å². The summed E-state index contributed by atoms with van der Waals surface area (Å²) in [6.45, 7) is 2.02. The summed E-state index contributed by atoms with van der Waals surface area (Å²) in [5, 5.41) is 7.00. The van der Waals surface area contributed by atoms with E-state index >= 15 is 0 Å². The van der Waals surface area contributed by atoms with E-state index < -0.39 is 0 Å². The van der Waals surface area contributed by atoms with Crippen LogP contribution in [-0.2, 0) is 7.05 Å². The summed E-state index contributed by atoms with van der Waals surface area (Å²) in [7, 11) is 1.83. The molecule has 0 radical (unpaired) electrons. The van der Waals surface area contributed by atoms with Gasteiger partial charge in [0.1, 0.15) is 5.69 Å². The fraction of sp³-hybridized carbons (Fsp3) is 0.583. The predicted molar refractivity (Wildman–Crippen MR) is 68.4 cm³/mol. The highest BCUT2D eigenvalue weighted by Gasteiger charge is 2.17. The van der Waals surface area contributed by atoms with Crippen molar-refractivity contribution in [2.75, 3.05) is 13.1 Å². The van der Waals surface area contributed by atoms with Gasteiger partial charge in [0, 0.05) is 19.3 Å². The number of aromatic nitrogens is 1. The van der Waals surface area contributed by atoms with Crippen LogP contribution in [0.4, 0.5) is 0 Å². The highest BCUT2D eigenvalue weighted by Crippen LogP contribution is 2.13. The topological polar surface area (TPSA) is 46.1 Å². The van der Waals surface area contributed by atoms with Crippen molar-refractivity contribution in [2.24, 2.45) is 7.05 Å². The Bertz CT molecular complexity index is 394. The van der Waals surface area contributed by atoms with Crippen molar-refractivity contribution in [3.63, 3.8) is 0 Å². The lowest BCUT2D eigenvalue weighted by Gasteiger charge is -2.16. The lowest BCUT2D eigenvalue weighted by molar-refractivity contribution is 0.0926. The standard InChI is InChI=1S/C12H18ClN3O/c1-16-8-9(13)7-11(16)12(17)15-10-3-2-5-14-6-4-10/h7-8,10,14H,2-6H2,1H3,(H,15,17). The van der Waals surface area contributed by atoms with Crippen molar-refractivity contribution in [2.45, 2.75) is 25.3 Å². The predicted octanol–water partition coefficient (Wildman–Crippen LogP) is 1.55. The molecule has 1 aromatic rings. The number of hydrogen-bond acceptors (Lipinski definition) is 2. The van der Waals surface area contributed by atoms with Gasteiger partial charge in [-0.25, -0.2) is 0 Å². The van der Waals surface area contributed by atoms with E-state index in [0.717, 1.165) is 32.4 Å². The third-order valence-corrected chi connectivity index (χ3v) is 3.32. The van der Waals surface area contributed by atoms with Crippen molar-refractivity contribution < 1.29 is 4.79 Å². The Morgan fingerprint density at radius 3 is 3.06 bits per heavy atom. The SMILES string of the molecule is Cn1cc(Cl)cc1C(=O)NC1CCCNCC1. The molecular formula is C12H18ClN3O. The molecule has 1 atom stereocenters. The van der Waals surface area contributed by atoms with Crippen LogP contribution in [0.15, 0.2) is 12.3 Å². The minimum atomic E-state index is -0.0358. The van der Waals surface area contributed by atoms with Crippen LogP contribution in [-0.4, -0.2) is 29.6 Å². The summed E-state index contributed by atoms with van der Waals surface area (Å²) in [5.74, 6) is -0.0358. The number of rotatable bonds is 2. The number of hydrogen-bond donors (Lipinski definition) is 2. The van der Waals surface area contributed by atoms with Gasteiger partial charge in [-0.2, -0.15) is 0 Å². The third-order valence-electron chi connectivity index (χ3n) is 3.12. The van der Waals surface area contributed by atoms with Crippen LogP contribution in [0.2, 0.25) is 5.02 Å². The number of halogens is 1. The van der Waals surface area contributed by atoms with Gasteiger partial charge in [0.2, 0.25) is 0 Å². The molecule has 0 saturated carbocycles. The van der Waals surface area contributed by atoms with Crippen molar-refractivity contribution >= 4 is 17.5 Å². The molecule has 5 heteroatoms. The molecule has 1 amide bonds. The number of aryl methyl sites for hydroxylation is 1. The molecule has 2 heterocycles. The van der Waals surface area contributed by atoms with Gasteiger partial charge in [0.15, 0.2) is 0 Å². The Labute approximate surface area is 106 Å². The Balaban J connectivity index is 1.98. The third kappa shape index (κ3) is 3.23. The monoisotopic (exact) mass is 255 g/mol. The lowest BCUT2D eigenvalue weighted by Crippen LogP contribution is -2.36. The highest BCUT2D eigenvalue weighted by molar-refractivity contribution is 6.31. The van der Waals surface area contributed by atoms with Crippen molar-refractivity contribution in [3.05, 3.63) is 23.0 Å². The first-order valence-electron chi connectivity index (χ1n) is 6.00. The van der Waals surface area contributed by atoms with Gasteiger partial charge in [0.05, 0.1) is 5.02 Å². The Hall–Kier alpha value is -1.00. The summed E-state index contributed by atoms with van der Waals surface area (Å²) in [5.41, 5.74) is 0.618. The van der Waals surface area contributed by atoms with Crippen LogP contribution < -0.4 is 10.6 Å². The summed E-state index contributed by atoms with van der Waals surface area (Å²) >= 11 is 5.87. The fourth-order valence-electron chi connectivity index (χ4n) is 2.17. The average Bonchev–Trinajstić information content (AvgIpc) is 2.51. The van der Waals surface area contributed by atoms with Crippen molar-refractivity contribution in [3.8, 4) is 0 Å². The molecule has 17 heavy (non-hydrogen) atoms. The summed E-state index contributed by atoms with van der Waals surface area (Å²) in [4.78, 5) is 12.0. The Morgan fingerprint density at radius 2 is 2.35 bits per heavy atom. The quantitative estimate of drug-likeness (QED) is 0.842. The molecule has 0 aromatic carbocycles. The normalized spacial score (nSPS) is 20.9. The molecule has 2 N–H and O–H groups in total. The first-order valence-corrected chi connectivity index (χ1v) is 6.38. The number of carbonyl (C=O) groups excluding carboxylic acids is 1. The second kappa shape index (κ2) is 5.56. The molecule has 4 nitrogen and oxygen atoms in total. The minimum absolute atomic E-state index is 0.0358. The van der Waals surface area contributed by atoms with E-state index in [0.29, 0.717) is 10.7 Å². The van der Waals surface area contributed by atoms with E-state index in [2.05, 4.69) is 10.6 Å². The molecule has 1 aromatic heterocycles. The molecule has 0 bridgehead atoms. The number of nitrogens with zero attached hydrogens (tertiary/aromatic N) is 1. The van der Waals surface area contributed by atoms with Crippen LogP contribution in [0.3, 0.4) is 0 Å². The summed E-state index contributed by atoms with van der Waals surface area (Å²) in [6.07, 6.45) is 4.88. The maximum absolute atomic E-state index is 12.0. The van der Waals surface area contributed by atoms with Crippen LogP contribution in [0.25, 0.3) is 0 Å². The smallest absolute Gasteiger partial charge is 0.268 e. The fourth-order valence-corrected chi connectivity index (χ4v) is 2.42. The molecule has 1 aliphatic heterocycles. The van der Waals surface area contributed by atoms with Gasteiger partial charge in [-0.3, -0.25) is 4.79 Å². The first-order chi connectivity index (χ1) is 8.16. The molecule has 2 rings (SSSR count). The van der Waals surface area contributed by atoms with E-state index in [1.807, 2.05) is 7.05 Å². The largest absolute Gasteiger partial charge is 0.348 e. The van der Waals surface area contributed by atoms with E-state index in [1.165, 1.54) is 0 Å². The van der Waals surface area contributed by atoms with Crippen LogP contribution in [0, 0.1) is 0 Å². The van der Waals surface area contributed by atoms with E-state index in [4.69, 9.17) is 11.6 Å². The second-order valence-corrected chi connectivity index (χ2v) is 4.94. The van der Waals surface area contributed by atoms with Gasteiger partial charge in [0.25, 0.3) is 5.91 Å². The van der Waals surface area contributed by atoms with Gasteiger partial charge >= 0.3 is 0 Å². The van der Waals surface area contributed by atoms with Crippen molar-refractivity contribution in [1.82, 2.24) is 15.2 Å². The summed E-state index contributed by atoms with van der Waals surface area (Å²) < 4.78 is 1.76. The van der Waals surface area contributed by atoms with Gasteiger partial charge in [-0.05, 0) is 38.4 Å². The maximum Gasteiger partial charge on any atom is 0.268 e. The number of amides is 1. The van der Waals surface area contributed by atoms with E-state index in [9.17, 15) is 4.79 Å². The average molecular weight is 256 g/mol. The van der Waals surface area contributed by atoms with E-state index in [-0.39, 0.29) is 11.9 Å². The molecule has 1 saturated heterocycles. The lowest BCUT2D eigenvalue weighted by atomic mass is 10.1. The number of carbonyl (C=O) groups is 1. The van der Waals surface area contributed by atoms with Gasteiger partial charge in [-0.15, -0.1) is 0 Å². The zero-order valence-electron chi connectivity index (χ0n) is 10.0. The molecule has 1 aliphatic rings. The molecule has 0 aliphatic carbocycles.